The number of nitrogen functional groups attached to an aromatic ring is 1. The van der Waals surface area contributed by atoms with Gasteiger partial charge in [-0.2, -0.15) is 0 Å². The fraction of sp³-hybridized carbons (Fsp3) is 0.300. The minimum absolute atomic E-state index is 0.154. The molecule has 1 aromatic carbocycles. The van der Waals surface area contributed by atoms with E-state index in [1.54, 1.807) is 12.1 Å². The summed E-state index contributed by atoms with van der Waals surface area (Å²) < 4.78 is 13.3. The third-order valence-corrected chi connectivity index (χ3v) is 1.85. The van der Waals surface area contributed by atoms with Crippen molar-refractivity contribution < 1.29 is 4.39 Å². The van der Waals surface area contributed by atoms with E-state index in [0.29, 0.717) is 5.69 Å². The minimum atomic E-state index is -0.460. The predicted molar refractivity (Wildman–Crippen MR) is 56.2 cm³/mol. The Labute approximate surface area is 82.6 Å². The summed E-state index contributed by atoms with van der Waals surface area (Å²) in [7, 11) is 0. The zero-order chi connectivity index (χ0) is 10.6. The fourth-order valence-corrected chi connectivity index (χ4v) is 1.20. The SMILES string of the molecule is CCCNc1cccc(F)c1C(=N)N. The molecule has 0 atom stereocenters. The molecule has 4 N–H and O–H groups in total. The Morgan fingerprint density at radius 2 is 2.29 bits per heavy atom. The van der Waals surface area contributed by atoms with E-state index in [1.165, 1.54) is 6.07 Å². The Bertz CT molecular complexity index is 336. The van der Waals surface area contributed by atoms with Gasteiger partial charge in [0.15, 0.2) is 0 Å². The van der Waals surface area contributed by atoms with E-state index >= 15 is 0 Å². The first-order chi connectivity index (χ1) is 6.66. The predicted octanol–water partition coefficient (Wildman–Crippen LogP) is 1.93. The van der Waals surface area contributed by atoms with Gasteiger partial charge in [-0.05, 0) is 18.6 Å². The van der Waals surface area contributed by atoms with Gasteiger partial charge in [0.1, 0.15) is 11.7 Å². The highest BCUT2D eigenvalue weighted by atomic mass is 19.1. The normalized spacial score (nSPS) is 9.86. The topological polar surface area (TPSA) is 61.9 Å². The fourth-order valence-electron chi connectivity index (χ4n) is 1.20. The summed E-state index contributed by atoms with van der Waals surface area (Å²) in [6, 6.07) is 4.61. The summed E-state index contributed by atoms with van der Waals surface area (Å²) >= 11 is 0. The van der Waals surface area contributed by atoms with Crippen LogP contribution in [0.2, 0.25) is 0 Å². The molecule has 4 heteroatoms. The van der Waals surface area contributed by atoms with E-state index < -0.39 is 5.82 Å². The Kier molecular flexibility index (Phi) is 3.45. The van der Waals surface area contributed by atoms with Gasteiger partial charge in [-0.25, -0.2) is 4.39 Å². The van der Waals surface area contributed by atoms with Gasteiger partial charge < -0.3 is 11.1 Å². The molecule has 0 aliphatic rings. The van der Waals surface area contributed by atoms with Crippen molar-refractivity contribution in [2.75, 3.05) is 11.9 Å². The number of rotatable bonds is 4. The molecule has 0 amide bonds. The lowest BCUT2D eigenvalue weighted by Gasteiger charge is -2.10. The molecule has 76 valence electrons. The number of hydrogen-bond donors (Lipinski definition) is 3. The second kappa shape index (κ2) is 4.60. The monoisotopic (exact) mass is 195 g/mol. The van der Waals surface area contributed by atoms with Crippen LogP contribution in [-0.4, -0.2) is 12.4 Å². The minimum Gasteiger partial charge on any atom is -0.384 e. The summed E-state index contributed by atoms with van der Waals surface area (Å²) in [4.78, 5) is 0. The standard InChI is InChI=1S/C10H14FN3/c1-2-6-14-8-5-3-4-7(11)9(8)10(12)13/h3-5,14H,2,6H2,1H3,(H3,12,13). The van der Waals surface area contributed by atoms with Crippen LogP contribution in [0.4, 0.5) is 10.1 Å². The molecule has 0 aliphatic carbocycles. The van der Waals surface area contributed by atoms with E-state index in [2.05, 4.69) is 5.32 Å². The lowest BCUT2D eigenvalue weighted by atomic mass is 10.1. The molecule has 0 fully saturated rings. The van der Waals surface area contributed by atoms with Gasteiger partial charge in [0, 0.05) is 12.2 Å². The van der Waals surface area contributed by atoms with Gasteiger partial charge in [0.05, 0.1) is 5.56 Å². The number of hydrogen-bond acceptors (Lipinski definition) is 2. The van der Waals surface area contributed by atoms with Gasteiger partial charge in [-0.15, -0.1) is 0 Å². The van der Waals surface area contributed by atoms with Gasteiger partial charge in [-0.1, -0.05) is 13.0 Å². The quantitative estimate of drug-likeness (QED) is 0.507. The van der Waals surface area contributed by atoms with Crippen molar-refractivity contribution in [3.63, 3.8) is 0 Å². The van der Waals surface area contributed by atoms with Crippen molar-refractivity contribution in [2.24, 2.45) is 5.73 Å². The van der Waals surface area contributed by atoms with Crippen molar-refractivity contribution >= 4 is 11.5 Å². The van der Waals surface area contributed by atoms with Crippen LogP contribution < -0.4 is 11.1 Å². The van der Waals surface area contributed by atoms with Crippen LogP contribution in [0, 0.1) is 11.2 Å². The second-order valence-electron chi connectivity index (χ2n) is 3.00. The third kappa shape index (κ3) is 2.22. The van der Waals surface area contributed by atoms with E-state index in [4.69, 9.17) is 11.1 Å². The average Bonchev–Trinajstić information content (AvgIpc) is 2.14. The third-order valence-electron chi connectivity index (χ3n) is 1.85. The van der Waals surface area contributed by atoms with E-state index in [0.717, 1.165) is 13.0 Å². The highest BCUT2D eigenvalue weighted by Crippen LogP contribution is 2.17. The van der Waals surface area contributed by atoms with Gasteiger partial charge in [0.2, 0.25) is 0 Å². The first-order valence-corrected chi connectivity index (χ1v) is 4.53. The molecule has 0 unspecified atom stereocenters. The summed E-state index contributed by atoms with van der Waals surface area (Å²) in [6.07, 6.45) is 0.938. The van der Waals surface area contributed by atoms with Crippen LogP contribution in [-0.2, 0) is 0 Å². The maximum atomic E-state index is 13.3. The molecule has 3 nitrogen and oxygen atoms in total. The van der Waals surface area contributed by atoms with Crippen molar-refractivity contribution in [1.29, 1.82) is 5.41 Å². The Hall–Kier alpha value is -1.58. The number of anilines is 1. The maximum absolute atomic E-state index is 13.3. The largest absolute Gasteiger partial charge is 0.384 e. The van der Waals surface area contributed by atoms with Crippen LogP contribution in [0.25, 0.3) is 0 Å². The molecule has 14 heavy (non-hydrogen) atoms. The average molecular weight is 195 g/mol. The molecule has 0 radical (unpaired) electrons. The molecule has 1 aromatic rings. The zero-order valence-corrected chi connectivity index (χ0v) is 8.10. The molecular weight excluding hydrogens is 181 g/mol. The summed E-state index contributed by atoms with van der Waals surface area (Å²) in [6.45, 7) is 2.75. The van der Waals surface area contributed by atoms with Gasteiger partial charge >= 0.3 is 0 Å². The molecule has 0 aromatic heterocycles. The Morgan fingerprint density at radius 3 is 2.86 bits per heavy atom. The molecular formula is C10H14FN3. The number of benzene rings is 1. The first kappa shape index (κ1) is 10.5. The summed E-state index contributed by atoms with van der Waals surface area (Å²) in [5.41, 5.74) is 6.03. The van der Waals surface area contributed by atoms with Crippen molar-refractivity contribution in [3.8, 4) is 0 Å². The van der Waals surface area contributed by atoms with Crippen molar-refractivity contribution in [1.82, 2.24) is 0 Å². The summed E-state index contributed by atoms with van der Waals surface area (Å²) in [5, 5.41) is 10.3. The lowest BCUT2D eigenvalue weighted by molar-refractivity contribution is 0.625. The van der Waals surface area contributed by atoms with Crippen LogP contribution in [0.15, 0.2) is 18.2 Å². The smallest absolute Gasteiger partial charge is 0.136 e. The Morgan fingerprint density at radius 1 is 1.57 bits per heavy atom. The second-order valence-corrected chi connectivity index (χ2v) is 3.00. The number of nitrogens with two attached hydrogens (primary N) is 1. The van der Waals surface area contributed by atoms with Crippen LogP contribution >= 0.6 is 0 Å². The van der Waals surface area contributed by atoms with E-state index in [9.17, 15) is 4.39 Å². The highest BCUT2D eigenvalue weighted by Gasteiger charge is 2.09. The lowest BCUT2D eigenvalue weighted by Crippen LogP contribution is -2.16. The molecule has 0 spiro atoms. The van der Waals surface area contributed by atoms with E-state index in [-0.39, 0.29) is 11.4 Å². The highest BCUT2D eigenvalue weighted by molar-refractivity contribution is 6.00. The van der Waals surface area contributed by atoms with Crippen LogP contribution in [0.1, 0.15) is 18.9 Å². The van der Waals surface area contributed by atoms with Crippen LogP contribution in [0.3, 0.4) is 0 Å². The molecule has 0 saturated carbocycles. The van der Waals surface area contributed by atoms with Crippen molar-refractivity contribution in [2.45, 2.75) is 13.3 Å². The molecule has 0 aliphatic heterocycles. The number of nitrogens with one attached hydrogen (secondary N) is 2. The van der Waals surface area contributed by atoms with Crippen molar-refractivity contribution in [3.05, 3.63) is 29.6 Å². The summed E-state index contributed by atoms with van der Waals surface area (Å²) in [5.74, 6) is -0.708. The molecule has 0 heterocycles. The zero-order valence-electron chi connectivity index (χ0n) is 8.10. The molecule has 0 bridgehead atoms. The molecule has 1 rings (SSSR count). The van der Waals surface area contributed by atoms with E-state index in [1.807, 2.05) is 6.92 Å². The number of halogens is 1. The first-order valence-electron chi connectivity index (χ1n) is 4.53. The molecule has 0 saturated heterocycles. The van der Waals surface area contributed by atoms with Crippen LogP contribution in [0.5, 0.6) is 0 Å². The number of amidine groups is 1. The van der Waals surface area contributed by atoms with Gasteiger partial charge in [-0.3, -0.25) is 5.41 Å². The van der Waals surface area contributed by atoms with Gasteiger partial charge in [0.25, 0.3) is 0 Å². The maximum Gasteiger partial charge on any atom is 0.136 e. The Balaban J connectivity index is 3.02.